The first-order valence-electron chi connectivity index (χ1n) is 8.19. The van der Waals surface area contributed by atoms with Gasteiger partial charge in [0.25, 0.3) is 0 Å². The third kappa shape index (κ3) is 3.72. The monoisotopic (exact) mass is 321 g/mol. The van der Waals surface area contributed by atoms with Crippen LogP contribution in [0.1, 0.15) is 28.6 Å². The van der Waals surface area contributed by atoms with Gasteiger partial charge < -0.3 is 15.0 Å². The number of hydrogen-bond acceptors (Lipinski definition) is 3. The van der Waals surface area contributed by atoms with Crippen LogP contribution in [-0.2, 0) is 6.54 Å². The van der Waals surface area contributed by atoms with Crippen molar-refractivity contribution >= 4 is 0 Å². The third-order valence-electron chi connectivity index (χ3n) is 4.17. The molecule has 2 N–H and O–H groups in total. The van der Waals surface area contributed by atoms with Crippen LogP contribution in [-0.4, -0.2) is 21.2 Å². The van der Waals surface area contributed by atoms with Gasteiger partial charge in [0.1, 0.15) is 5.82 Å². The van der Waals surface area contributed by atoms with Gasteiger partial charge in [-0.15, -0.1) is 0 Å². The quantitative estimate of drug-likeness (QED) is 0.732. The van der Waals surface area contributed by atoms with Gasteiger partial charge in [0.2, 0.25) is 0 Å². The van der Waals surface area contributed by atoms with E-state index in [4.69, 9.17) is 0 Å². The second-order valence-corrected chi connectivity index (χ2v) is 6.03. The lowest BCUT2D eigenvalue weighted by Crippen LogP contribution is -2.21. The van der Waals surface area contributed by atoms with Gasteiger partial charge in [0.05, 0.1) is 6.10 Å². The third-order valence-corrected chi connectivity index (χ3v) is 4.17. The fourth-order valence-corrected chi connectivity index (χ4v) is 2.82. The van der Waals surface area contributed by atoms with E-state index in [2.05, 4.69) is 53.0 Å². The normalized spacial score (nSPS) is 12.3. The smallest absolute Gasteiger partial charge is 0.136 e. The molecule has 0 saturated carbocycles. The summed E-state index contributed by atoms with van der Waals surface area (Å²) in [6.07, 6.45) is 1.19. The van der Waals surface area contributed by atoms with Gasteiger partial charge in [-0.3, -0.25) is 0 Å². The Bertz CT molecular complexity index is 759. The molecular weight excluding hydrogens is 298 g/mol. The fourth-order valence-electron chi connectivity index (χ4n) is 2.82. The van der Waals surface area contributed by atoms with Gasteiger partial charge in [0, 0.05) is 36.2 Å². The molecule has 3 rings (SSSR count). The Morgan fingerprint density at radius 2 is 1.71 bits per heavy atom. The zero-order chi connectivity index (χ0) is 16.9. The number of aliphatic hydroxyl groups excluding tert-OH is 1. The van der Waals surface area contributed by atoms with Crippen molar-refractivity contribution in [3.05, 3.63) is 83.3 Å². The summed E-state index contributed by atoms with van der Waals surface area (Å²) >= 11 is 0. The fraction of sp³-hybridized carbons (Fsp3) is 0.250. The summed E-state index contributed by atoms with van der Waals surface area (Å²) in [4.78, 5) is 4.51. The highest BCUT2D eigenvalue weighted by molar-refractivity contribution is 5.33. The van der Waals surface area contributed by atoms with Crippen LogP contribution in [0.15, 0.2) is 60.8 Å². The highest BCUT2D eigenvalue weighted by atomic mass is 16.3. The Balaban J connectivity index is 1.61. The minimum Gasteiger partial charge on any atom is -0.387 e. The number of rotatable bonds is 6. The van der Waals surface area contributed by atoms with E-state index in [0.29, 0.717) is 6.54 Å². The Hall–Kier alpha value is -2.43. The first-order chi connectivity index (χ1) is 11.6. The lowest BCUT2D eigenvalue weighted by atomic mass is 10.1. The zero-order valence-corrected chi connectivity index (χ0v) is 14.1. The molecule has 1 atom stereocenters. The molecule has 124 valence electrons. The van der Waals surface area contributed by atoms with E-state index in [0.717, 1.165) is 29.3 Å². The number of aryl methyl sites for hydroxylation is 2. The molecule has 2 aromatic heterocycles. The van der Waals surface area contributed by atoms with Crippen LogP contribution in [0.4, 0.5) is 0 Å². The standard InChI is InChI=1S/C20H23N3O/c1-15-8-9-16(2)23(15)20-11-10-18(13-22-20)19(24)14-21-12-17-6-4-3-5-7-17/h3-11,13,19,21,24H,12,14H2,1-2H3. The Morgan fingerprint density at radius 3 is 2.33 bits per heavy atom. The highest BCUT2D eigenvalue weighted by Gasteiger charge is 2.10. The average Bonchev–Trinajstić information content (AvgIpc) is 2.94. The molecule has 0 saturated heterocycles. The largest absolute Gasteiger partial charge is 0.387 e. The molecular formula is C20H23N3O. The van der Waals surface area contributed by atoms with Crippen molar-refractivity contribution in [2.45, 2.75) is 26.5 Å². The van der Waals surface area contributed by atoms with Gasteiger partial charge in [-0.1, -0.05) is 36.4 Å². The maximum atomic E-state index is 10.3. The summed E-state index contributed by atoms with van der Waals surface area (Å²) in [5.41, 5.74) is 4.33. The molecule has 0 amide bonds. The van der Waals surface area contributed by atoms with Crippen molar-refractivity contribution in [2.24, 2.45) is 0 Å². The topological polar surface area (TPSA) is 50.1 Å². The Morgan fingerprint density at radius 1 is 1.00 bits per heavy atom. The van der Waals surface area contributed by atoms with E-state index < -0.39 is 6.10 Å². The van der Waals surface area contributed by atoms with Crippen molar-refractivity contribution in [1.29, 1.82) is 0 Å². The molecule has 1 unspecified atom stereocenters. The van der Waals surface area contributed by atoms with Gasteiger partial charge in [-0.25, -0.2) is 4.98 Å². The van der Waals surface area contributed by atoms with Crippen molar-refractivity contribution in [3.63, 3.8) is 0 Å². The van der Waals surface area contributed by atoms with E-state index >= 15 is 0 Å². The summed E-state index contributed by atoms with van der Waals surface area (Å²) in [5.74, 6) is 0.878. The summed E-state index contributed by atoms with van der Waals surface area (Å²) in [7, 11) is 0. The highest BCUT2D eigenvalue weighted by Crippen LogP contribution is 2.17. The Labute approximate surface area is 142 Å². The second kappa shape index (κ2) is 7.43. The molecule has 2 heterocycles. The summed E-state index contributed by atoms with van der Waals surface area (Å²) < 4.78 is 2.10. The maximum absolute atomic E-state index is 10.3. The summed E-state index contributed by atoms with van der Waals surface area (Å²) in [6.45, 7) is 5.36. The van der Waals surface area contributed by atoms with Crippen LogP contribution in [0, 0.1) is 13.8 Å². The van der Waals surface area contributed by atoms with Crippen LogP contribution in [0.2, 0.25) is 0 Å². The van der Waals surface area contributed by atoms with Gasteiger partial charge in [0.15, 0.2) is 0 Å². The number of aromatic nitrogens is 2. The molecule has 0 aliphatic rings. The summed E-state index contributed by atoms with van der Waals surface area (Å²) in [6, 6.07) is 18.2. The van der Waals surface area contributed by atoms with Crippen molar-refractivity contribution in [3.8, 4) is 5.82 Å². The molecule has 3 aromatic rings. The number of aliphatic hydroxyl groups is 1. The van der Waals surface area contributed by atoms with E-state index in [1.807, 2.05) is 30.3 Å². The molecule has 0 radical (unpaired) electrons. The van der Waals surface area contributed by atoms with Crippen LogP contribution < -0.4 is 5.32 Å². The molecule has 0 aliphatic carbocycles. The molecule has 0 bridgehead atoms. The maximum Gasteiger partial charge on any atom is 0.136 e. The SMILES string of the molecule is Cc1ccc(C)n1-c1ccc(C(O)CNCc2ccccc2)cn1. The zero-order valence-electron chi connectivity index (χ0n) is 14.1. The van der Waals surface area contributed by atoms with Crippen molar-refractivity contribution in [1.82, 2.24) is 14.9 Å². The molecule has 1 aromatic carbocycles. The number of hydrogen-bond donors (Lipinski definition) is 2. The van der Waals surface area contributed by atoms with Gasteiger partial charge >= 0.3 is 0 Å². The van der Waals surface area contributed by atoms with Crippen LogP contribution in [0.3, 0.4) is 0 Å². The minimum absolute atomic E-state index is 0.498. The number of benzene rings is 1. The van der Waals surface area contributed by atoms with E-state index in [-0.39, 0.29) is 0 Å². The predicted octanol–water partition coefficient (Wildman–Crippen LogP) is 3.31. The molecule has 0 aliphatic heterocycles. The van der Waals surface area contributed by atoms with Crippen LogP contribution in [0.25, 0.3) is 5.82 Å². The molecule has 0 spiro atoms. The molecule has 4 heteroatoms. The first-order valence-corrected chi connectivity index (χ1v) is 8.19. The van der Waals surface area contributed by atoms with E-state index in [1.165, 1.54) is 5.56 Å². The summed E-state index contributed by atoms with van der Waals surface area (Å²) in [5, 5.41) is 13.6. The van der Waals surface area contributed by atoms with Gasteiger partial charge in [-0.2, -0.15) is 0 Å². The average molecular weight is 321 g/mol. The number of nitrogens with one attached hydrogen (secondary N) is 1. The molecule has 4 nitrogen and oxygen atoms in total. The lowest BCUT2D eigenvalue weighted by molar-refractivity contribution is 0.174. The first kappa shape index (κ1) is 16.4. The Kier molecular flexibility index (Phi) is 5.08. The number of pyridine rings is 1. The van der Waals surface area contributed by atoms with Crippen LogP contribution >= 0.6 is 0 Å². The predicted molar refractivity (Wildman–Crippen MR) is 96.1 cm³/mol. The number of nitrogens with zero attached hydrogens (tertiary/aromatic N) is 2. The minimum atomic E-state index is -0.567. The van der Waals surface area contributed by atoms with Crippen LogP contribution in [0.5, 0.6) is 0 Å². The lowest BCUT2D eigenvalue weighted by Gasteiger charge is -2.14. The van der Waals surface area contributed by atoms with E-state index in [1.54, 1.807) is 6.20 Å². The van der Waals surface area contributed by atoms with Crippen molar-refractivity contribution in [2.75, 3.05) is 6.54 Å². The molecule has 0 fully saturated rings. The molecule has 24 heavy (non-hydrogen) atoms. The second-order valence-electron chi connectivity index (χ2n) is 6.03. The van der Waals surface area contributed by atoms with E-state index in [9.17, 15) is 5.11 Å². The van der Waals surface area contributed by atoms with Gasteiger partial charge in [-0.05, 0) is 37.6 Å². The van der Waals surface area contributed by atoms with Crippen molar-refractivity contribution < 1.29 is 5.11 Å².